The van der Waals surface area contributed by atoms with Crippen molar-refractivity contribution in [3.63, 3.8) is 0 Å². The number of hydrogen-bond donors (Lipinski definition) is 1. The Kier molecular flexibility index (Phi) is 6.10. The highest BCUT2D eigenvalue weighted by Gasteiger charge is 2.44. The Hall–Kier alpha value is -2.17. The van der Waals surface area contributed by atoms with E-state index in [0.717, 1.165) is 38.0 Å². The number of likely N-dealkylation sites (tertiary alicyclic amines) is 2. The van der Waals surface area contributed by atoms with Crippen molar-refractivity contribution < 1.29 is 9.90 Å². The Balaban J connectivity index is 1.23. The van der Waals surface area contributed by atoms with Crippen LogP contribution in [-0.4, -0.2) is 58.6 Å². The van der Waals surface area contributed by atoms with Gasteiger partial charge >= 0.3 is 0 Å². The first kappa shape index (κ1) is 20.7. The van der Waals surface area contributed by atoms with Crippen LogP contribution in [0.4, 0.5) is 0 Å². The average Bonchev–Trinajstić information content (AvgIpc) is 2.84. The molecule has 2 aromatic rings. The van der Waals surface area contributed by atoms with Crippen LogP contribution in [0.15, 0.2) is 60.7 Å². The van der Waals surface area contributed by atoms with Gasteiger partial charge in [0.1, 0.15) is 0 Å². The maximum absolute atomic E-state index is 13.1. The molecule has 5 rings (SSSR count). The van der Waals surface area contributed by atoms with E-state index in [1.54, 1.807) is 0 Å². The van der Waals surface area contributed by atoms with E-state index in [0.29, 0.717) is 18.3 Å². The second-order valence-electron chi connectivity index (χ2n) is 9.66. The summed E-state index contributed by atoms with van der Waals surface area (Å²) < 4.78 is 0. The summed E-state index contributed by atoms with van der Waals surface area (Å²) in [6, 6.07) is 20.9. The molecule has 0 bridgehead atoms. The van der Waals surface area contributed by atoms with Gasteiger partial charge in [-0.3, -0.25) is 9.69 Å². The molecule has 2 aliphatic heterocycles. The maximum Gasteiger partial charge on any atom is 0.254 e. The number of aliphatic hydroxyl groups excluding tert-OH is 1. The van der Waals surface area contributed by atoms with Gasteiger partial charge < -0.3 is 10.0 Å². The van der Waals surface area contributed by atoms with Crippen molar-refractivity contribution in [2.75, 3.05) is 19.6 Å². The molecular formula is C27H34N2O2. The van der Waals surface area contributed by atoms with Gasteiger partial charge in [0.05, 0.1) is 6.10 Å². The minimum Gasteiger partial charge on any atom is -0.391 e. The third-order valence-corrected chi connectivity index (χ3v) is 7.94. The number of piperidine rings is 2. The van der Waals surface area contributed by atoms with Crippen molar-refractivity contribution in [3.05, 3.63) is 71.8 Å². The molecule has 4 nitrogen and oxygen atoms in total. The van der Waals surface area contributed by atoms with Crippen LogP contribution >= 0.6 is 0 Å². The second-order valence-corrected chi connectivity index (χ2v) is 9.66. The second kappa shape index (κ2) is 9.13. The molecule has 0 radical (unpaired) electrons. The number of rotatable bonds is 3. The van der Waals surface area contributed by atoms with Crippen LogP contribution in [0, 0.1) is 5.92 Å². The van der Waals surface area contributed by atoms with Crippen LogP contribution in [0.5, 0.6) is 0 Å². The van der Waals surface area contributed by atoms with Crippen molar-refractivity contribution in [2.45, 2.75) is 62.6 Å². The number of carbonyl (C=O) groups excluding carboxylic acids is 1. The van der Waals surface area contributed by atoms with Crippen LogP contribution < -0.4 is 0 Å². The smallest absolute Gasteiger partial charge is 0.254 e. The lowest BCUT2D eigenvalue weighted by atomic mass is 9.73. The van der Waals surface area contributed by atoms with E-state index >= 15 is 0 Å². The normalized spacial score (nSPS) is 30.0. The zero-order valence-electron chi connectivity index (χ0n) is 18.3. The highest BCUT2D eigenvalue weighted by molar-refractivity contribution is 5.94. The van der Waals surface area contributed by atoms with E-state index in [1.165, 1.54) is 24.8 Å². The summed E-state index contributed by atoms with van der Waals surface area (Å²) in [5.74, 6) is 1.27. The molecule has 4 atom stereocenters. The lowest BCUT2D eigenvalue weighted by Crippen LogP contribution is -2.59. The molecule has 1 aliphatic carbocycles. The molecule has 3 fully saturated rings. The van der Waals surface area contributed by atoms with Gasteiger partial charge in [0.2, 0.25) is 0 Å². The summed E-state index contributed by atoms with van der Waals surface area (Å²) in [5, 5.41) is 11.1. The molecule has 0 spiro atoms. The van der Waals surface area contributed by atoms with Crippen molar-refractivity contribution in [1.29, 1.82) is 0 Å². The van der Waals surface area contributed by atoms with Crippen LogP contribution in [0.3, 0.4) is 0 Å². The molecule has 2 heterocycles. The monoisotopic (exact) mass is 418 g/mol. The van der Waals surface area contributed by atoms with Crippen molar-refractivity contribution in [1.82, 2.24) is 9.80 Å². The predicted octanol–water partition coefficient (Wildman–Crippen LogP) is 4.31. The summed E-state index contributed by atoms with van der Waals surface area (Å²) in [6.07, 6.45) is 5.96. The molecule has 3 aliphatic rings. The predicted molar refractivity (Wildman–Crippen MR) is 123 cm³/mol. The minimum atomic E-state index is -0.348. The Bertz CT molecular complexity index is 863. The van der Waals surface area contributed by atoms with E-state index in [-0.39, 0.29) is 24.1 Å². The number of amides is 1. The Morgan fingerprint density at radius 3 is 2.19 bits per heavy atom. The Morgan fingerprint density at radius 1 is 0.806 bits per heavy atom. The number of benzene rings is 2. The van der Waals surface area contributed by atoms with Gasteiger partial charge in [-0.15, -0.1) is 0 Å². The number of nitrogens with zero attached hydrogens (tertiary/aromatic N) is 2. The minimum absolute atomic E-state index is 0.129. The van der Waals surface area contributed by atoms with Gasteiger partial charge in [-0.2, -0.15) is 0 Å². The Morgan fingerprint density at radius 2 is 1.48 bits per heavy atom. The van der Waals surface area contributed by atoms with Crippen LogP contribution in [-0.2, 0) is 0 Å². The first-order chi connectivity index (χ1) is 15.2. The zero-order valence-corrected chi connectivity index (χ0v) is 18.3. The largest absolute Gasteiger partial charge is 0.391 e. The molecule has 164 valence electrons. The topological polar surface area (TPSA) is 43.8 Å². The van der Waals surface area contributed by atoms with Gasteiger partial charge in [-0.25, -0.2) is 0 Å². The first-order valence-corrected chi connectivity index (χ1v) is 12.0. The first-order valence-electron chi connectivity index (χ1n) is 12.0. The summed E-state index contributed by atoms with van der Waals surface area (Å²) in [6.45, 7) is 2.94. The quantitative estimate of drug-likeness (QED) is 0.808. The standard InChI is InChI=1S/C27H34N2O2/c30-26-19-24-23(12-7-15-29(24)27(31)22-10-5-2-6-11-22)18-25(26)28-16-13-21(14-17-28)20-8-3-1-4-9-20/h1-6,8-11,21,23-26,30H,7,12-19H2. The van der Waals surface area contributed by atoms with E-state index in [2.05, 4.69) is 40.1 Å². The van der Waals surface area contributed by atoms with Crippen molar-refractivity contribution >= 4 is 5.91 Å². The third kappa shape index (κ3) is 4.28. The summed E-state index contributed by atoms with van der Waals surface area (Å²) in [4.78, 5) is 17.7. The van der Waals surface area contributed by atoms with Crippen LogP contribution in [0.25, 0.3) is 0 Å². The number of carbonyl (C=O) groups is 1. The lowest BCUT2D eigenvalue weighted by molar-refractivity contribution is -0.0513. The number of aliphatic hydroxyl groups is 1. The Labute approximate surface area is 185 Å². The highest BCUT2D eigenvalue weighted by atomic mass is 16.3. The number of fused-ring (bicyclic) bond motifs is 1. The van der Waals surface area contributed by atoms with E-state index < -0.39 is 0 Å². The highest BCUT2D eigenvalue weighted by Crippen LogP contribution is 2.39. The zero-order chi connectivity index (χ0) is 21.2. The van der Waals surface area contributed by atoms with Crippen LogP contribution in [0.1, 0.15) is 60.4 Å². The molecule has 1 saturated carbocycles. The van der Waals surface area contributed by atoms with E-state index in [9.17, 15) is 9.90 Å². The molecule has 1 amide bonds. The van der Waals surface area contributed by atoms with E-state index in [4.69, 9.17) is 0 Å². The summed E-state index contributed by atoms with van der Waals surface area (Å²) in [5.41, 5.74) is 2.22. The summed E-state index contributed by atoms with van der Waals surface area (Å²) >= 11 is 0. The van der Waals surface area contributed by atoms with Gasteiger partial charge in [0, 0.05) is 24.2 Å². The van der Waals surface area contributed by atoms with Crippen molar-refractivity contribution in [2.24, 2.45) is 5.92 Å². The van der Waals surface area contributed by atoms with Gasteiger partial charge in [-0.05, 0) is 81.1 Å². The maximum atomic E-state index is 13.1. The fourth-order valence-corrected chi connectivity index (χ4v) is 6.28. The lowest BCUT2D eigenvalue weighted by Gasteiger charge is -2.51. The van der Waals surface area contributed by atoms with Gasteiger partial charge in [0.15, 0.2) is 0 Å². The molecule has 2 saturated heterocycles. The summed E-state index contributed by atoms with van der Waals surface area (Å²) in [7, 11) is 0. The molecule has 31 heavy (non-hydrogen) atoms. The SMILES string of the molecule is O=C(c1ccccc1)N1CCCC2CC(N3CCC(c4ccccc4)CC3)C(O)CC21. The molecule has 4 unspecified atom stereocenters. The molecule has 0 aromatic heterocycles. The van der Waals surface area contributed by atoms with Crippen molar-refractivity contribution in [3.8, 4) is 0 Å². The fourth-order valence-electron chi connectivity index (χ4n) is 6.28. The number of hydrogen-bond acceptors (Lipinski definition) is 3. The molecule has 4 heteroatoms. The van der Waals surface area contributed by atoms with Crippen LogP contribution in [0.2, 0.25) is 0 Å². The van der Waals surface area contributed by atoms with Gasteiger partial charge in [-0.1, -0.05) is 48.5 Å². The molecular weight excluding hydrogens is 384 g/mol. The average molecular weight is 419 g/mol. The third-order valence-electron chi connectivity index (χ3n) is 7.94. The fraction of sp³-hybridized carbons (Fsp3) is 0.519. The van der Waals surface area contributed by atoms with Gasteiger partial charge in [0.25, 0.3) is 5.91 Å². The van der Waals surface area contributed by atoms with E-state index in [1.807, 2.05) is 30.3 Å². The molecule has 1 N–H and O–H groups in total. The molecule has 2 aromatic carbocycles.